The van der Waals surface area contributed by atoms with Crippen LogP contribution in [-0.2, 0) is 4.43 Å². The molecule has 0 aromatic heterocycles. The number of hydrogen-bond donors (Lipinski definition) is 0. The highest BCUT2D eigenvalue weighted by Crippen LogP contribution is 2.02. The molecule has 0 rings (SSSR count). The standard InChI is InChI=1S/C9H18OSi/c1-5-9(6-2)7-10-11-8(3)4/h5-6,8-9H,1-2,7,11H2,3-4H3. The second-order valence-corrected chi connectivity index (χ2v) is 5.44. The van der Waals surface area contributed by atoms with Gasteiger partial charge in [0.15, 0.2) is 9.76 Å². The first-order chi connectivity index (χ1) is 5.20. The minimum absolute atomic E-state index is 0.311. The minimum Gasteiger partial charge on any atom is -0.423 e. The molecule has 0 amide bonds. The molecule has 0 spiro atoms. The second kappa shape index (κ2) is 6.37. The molecular formula is C9H18OSi. The highest BCUT2D eigenvalue weighted by atomic mass is 28.2. The zero-order chi connectivity index (χ0) is 8.69. The van der Waals surface area contributed by atoms with Gasteiger partial charge in [-0.1, -0.05) is 26.0 Å². The molecule has 0 saturated carbocycles. The molecule has 0 N–H and O–H groups in total. The lowest BCUT2D eigenvalue weighted by molar-refractivity contribution is 0.309. The van der Waals surface area contributed by atoms with Gasteiger partial charge >= 0.3 is 0 Å². The van der Waals surface area contributed by atoms with Crippen molar-refractivity contribution in [3.8, 4) is 0 Å². The molecule has 0 heterocycles. The Balaban J connectivity index is 3.35. The highest BCUT2D eigenvalue weighted by molar-refractivity contribution is 6.29. The average Bonchev–Trinajstić information content (AvgIpc) is 1.98. The third kappa shape index (κ3) is 6.07. The lowest BCUT2D eigenvalue weighted by Crippen LogP contribution is -2.09. The second-order valence-electron chi connectivity index (χ2n) is 3.07. The number of rotatable bonds is 6. The molecule has 0 aromatic carbocycles. The molecule has 11 heavy (non-hydrogen) atoms. The molecule has 0 saturated heterocycles. The molecule has 0 aliphatic heterocycles. The van der Waals surface area contributed by atoms with Crippen LogP contribution < -0.4 is 0 Å². The van der Waals surface area contributed by atoms with Crippen LogP contribution in [0.15, 0.2) is 25.3 Å². The zero-order valence-electron chi connectivity index (χ0n) is 7.55. The first-order valence-electron chi connectivity index (χ1n) is 4.03. The van der Waals surface area contributed by atoms with Crippen LogP contribution in [-0.4, -0.2) is 16.4 Å². The lowest BCUT2D eigenvalue weighted by Gasteiger charge is -2.09. The van der Waals surface area contributed by atoms with Crippen molar-refractivity contribution >= 4 is 9.76 Å². The van der Waals surface area contributed by atoms with E-state index < -0.39 is 0 Å². The van der Waals surface area contributed by atoms with Crippen LogP contribution in [0.4, 0.5) is 0 Å². The molecule has 0 aliphatic carbocycles. The summed E-state index contributed by atoms with van der Waals surface area (Å²) in [6.45, 7) is 12.6. The Morgan fingerprint density at radius 1 is 1.36 bits per heavy atom. The van der Waals surface area contributed by atoms with Gasteiger partial charge in [0.2, 0.25) is 0 Å². The summed E-state index contributed by atoms with van der Waals surface area (Å²) in [6.07, 6.45) is 3.75. The van der Waals surface area contributed by atoms with Crippen molar-refractivity contribution in [2.45, 2.75) is 19.4 Å². The van der Waals surface area contributed by atoms with Crippen LogP contribution in [0.2, 0.25) is 5.54 Å². The summed E-state index contributed by atoms with van der Waals surface area (Å²) in [7, 11) is -0.311. The van der Waals surface area contributed by atoms with Gasteiger partial charge in [-0.3, -0.25) is 0 Å². The van der Waals surface area contributed by atoms with E-state index in [1.54, 1.807) is 0 Å². The third-order valence-corrected chi connectivity index (χ3v) is 2.51. The Kier molecular flexibility index (Phi) is 6.17. The van der Waals surface area contributed by atoms with Crippen LogP contribution in [0.5, 0.6) is 0 Å². The Hall–Kier alpha value is -0.343. The van der Waals surface area contributed by atoms with E-state index in [-0.39, 0.29) is 9.76 Å². The topological polar surface area (TPSA) is 9.23 Å². The van der Waals surface area contributed by atoms with E-state index in [0.717, 1.165) is 12.1 Å². The van der Waals surface area contributed by atoms with Crippen LogP contribution in [0.1, 0.15) is 13.8 Å². The lowest BCUT2D eigenvalue weighted by atomic mass is 10.2. The van der Waals surface area contributed by atoms with E-state index in [0.29, 0.717) is 5.92 Å². The Labute approximate surface area is 72.1 Å². The molecular weight excluding hydrogens is 152 g/mol. The quantitative estimate of drug-likeness (QED) is 0.437. The van der Waals surface area contributed by atoms with E-state index in [9.17, 15) is 0 Å². The Bertz CT molecular complexity index is 113. The largest absolute Gasteiger partial charge is 0.423 e. The molecule has 0 unspecified atom stereocenters. The van der Waals surface area contributed by atoms with E-state index >= 15 is 0 Å². The predicted molar refractivity (Wildman–Crippen MR) is 53.5 cm³/mol. The summed E-state index contributed by atoms with van der Waals surface area (Å²) < 4.78 is 5.54. The van der Waals surface area contributed by atoms with Crippen LogP contribution in [0.3, 0.4) is 0 Å². The first-order valence-corrected chi connectivity index (χ1v) is 5.43. The van der Waals surface area contributed by atoms with Crippen molar-refractivity contribution < 1.29 is 4.43 Å². The van der Waals surface area contributed by atoms with Gasteiger partial charge in [-0.2, -0.15) is 0 Å². The normalized spacial score (nSPS) is 11.6. The Morgan fingerprint density at radius 2 is 1.91 bits per heavy atom. The molecule has 0 aliphatic rings. The summed E-state index contributed by atoms with van der Waals surface area (Å²) in [5.41, 5.74) is 0.741. The minimum atomic E-state index is -0.311. The van der Waals surface area contributed by atoms with Gasteiger partial charge in [0.1, 0.15) is 0 Å². The summed E-state index contributed by atoms with van der Waals surface area (Å²) in [5, 5.41) is 0. The third-order valence-electron chi connectivity index (χ3n) is 1.37. The smallest absolute Gasteiger partial charge is 0.164 e. The Morgan fingerprint density at radius 3 is 2.27 bits per heavy atom. The molecule has 2 heteroatoms. The zero-order valence-corrected chi connectivity index (χ0v) is 8.96. The fourth-order valence-corrected chi connectivity index (χ4v) is 1.55. The maximum atomic E-state index is 5.54. The van der Waals surface area contributed by atoms with Crippen molar-refractivity contribution in [1.29, 1.82) is 0 Å². The van der Waals surface area contributed by atoms with Crippen LogP contribution >= 0.6 is 0 Å². The van der Waals surface area contributed by atoms with E-state index in [1.807, 2.05) is 12.2 Å². The summed E-state index contributed by atoms with van der Waals surface area (Å²) in [6, 6.07) is 0. The fourth-order valence-electron chi connectivity index (χ4n) is 0.672. The van der Waals surface area contributed by atoms with E-state index in [4.69, 9.17) is 4.43 Å². The van der Waals surface area contributed by atoms with Crippen molar-refractivity contribution in [2.75, 3.05) is 6.61 Å². The molecule has 0 radical (unpaired) electrons. The van der Waals surface area contributed by atoms with Gasteiger partial charge in [0.25, 0.3) is 0 Å². The summed E-state index contributed by atoms with van der Waals surface area (Å²) >= 11 is 0. The molecule has 0 bridgehead atoms. The van der Waals surface area contributed by atoms with Gasteiger partial charge < -0.3 is 4.43 Å². The van der Waals surface area contributed by atoms with Crippen molar-refractivity contribution in [3.05, 3.63) is 25.3 Å². The van der Waals surface area contributed by atoms with Gasteiger partial charge in [-0.25, -0.2) is 0 Å². The number of hydrogen-bond acceptors (Lipinski definition) is 1. The van der Waals surface area contributed by atoms with Crippen molar-refractivity contribution in [1.82, 2.24) is 0 Å². The summed E-state index contributed by atoms with van der Waals surface area (Å²) in [5.74, 6) is 0.334. The molecule has 0 atom stereocenters. The molecule has 0 fully saturated rings. The van der Waals surface area contributed by atoms with E-state index in [2.05, 4.69) is 27.0 Å². The fraction of sp³-hybridized carbons (Fsp3) is 0.556. The molecule has 1 nitrogen and oxygen atoms in total. The SMILES string of the molecule is C=CC(C=C)CO[SiH2]C(C)C. The van der Waals surface area contributed by atoms with E-state index in [1.165, 1.54) is 0 Å². The maximum Gasteiger partial charge on any atom is 0.164 e. The van der Waals surface area contributed by atoms with Gasteiger partial charge in [0.05, 0.1) is 0 Å². The maximum absolute atomic E-state index is 5.54. The molecule has 64 valence electrons. The molecule has 0 aromatic rings. The van der Waals surface area contributed by atoms with Gasteiger partial charge in [-0.15, -0.1) is 13.2 Å². The predicted octanol–water partition coefficient (Wildman–Crippen LogP) is 1.90. The summed E-state index contributed by atoms with van der Waals surface area (Å²) in [4.78, 5) is 0. The monoisotopic (exact) mass is 170 g/mol. The average molecular weight is 170 g/mol. The highest BCUT2D eigenvalue weighted by Gasteiger charge is 1.99. The van der Waals surface area contributed by atoms with Gasteiger partial charge in [-0.05, 0) is 5.54 Å². The van der Waals surface area contributed by atoms with Crippen molar-refractivity contribution in [3.63, 3.8) is 0 Å². The first kappa shape index (κ1) is 10.7. The van der Waals surface area contributed by atoms with Crippen LogP contribution in [0, 0.1) is 5.92 Å². The van der Waals surface area contributed by atoms with Gasteiger partial charge in [0, 0.05) is 12.5 Å². The van der Waals surface area contributed by atoms with Crippen LogP contribution in [0.25, 0.3) is 0 Å². The van der Waals surface area contributed by atoms with Crippen molar-refractivity contribution in [2.24, 2.45) is 5.92 Å².